The van der Waals surface area contributed by atoms with E-state index in [2.05, 4.69) is 20.2 Å². The van der Waals surface area contributed by atoms with Crippen LogP contribution in [0.1, 0.15) is 11.1 Å². The van der Waals surface area contributed by atoms with Gasteiger partial charge in [-0.3, -0.25) is 4.98 Å². The number of fused-ring (bicyclic) bond motifs is 1. The van der Waals surface area contributed by atoms with Crippen LogP contribution >= 0.6 is 0 Å². The van der Waals surface area contributed by atoms with Gasteiger partial charge in [0.15, 0.2) is 0 Å². The summed E-state index contributed by atoms with van der Waals surface area (Å²) in [5, 5.41) is 10.1. The molecule has 1 aromatic carbocycles. The zero-order chi connectivity index (χ0) is 18.7. The molecular formula is C17H12FN3O4S. The van der Waals surface area contributed by atoms with Crippen LogP contribution in [0.15, 0.2) is 42.9 Å². The van der Waals surface area contributed by atoms with Crippen molar-refractivity contribution in [2.45, 2.75) is 0 Å². The summed E-state index contributed by atoms with van der Waals surface area (Å²) >= 11 is 0. The summed E-state index contributed by atoms with van der Waals surface area (Å²) in [6.07, 6.45) is 6.30. The third kappa shape index (κ3) is 3.65. The molecule has 0 aliphatic heterocycles. The van der Waals surface area contributed by atoms with Crippen molar-refractivity contribution in [3.63, 3.8) is 0 Å². The Morgan fingerprint density at radius 3 is 2.88 bits per heavy atom. The maximum absolute atomic E-state index is 12.8. The highest BCUT2D eigenvalue weighted by atomic mass is 32.3. The smallest absolute Gasteiger partial charge is 0.488 e. The van der Waals surface area contributed by atoms with Gasteiger partial charge in [0.2, 0.25) is 0 Å². The Kier molecular flexibility index (Phi) is 4.60. The van der Waals surface area contributed by atoms with E-state index in [-0.39, 0.29) is 11.3 Å². The third-order valence-corrected chi connectivity index (χ3v) is 3.98. The Balaban J connectivity index is 2.12. The second kappa shape index (κ2) is 6.85. The molecule has 0 radical (unpaired) electrons. The first-order valence-corrected chi connectivity index (χ1v) is 8.57. The first-order valence-electron chi connectivity index (χ1n) is 7.26. The second-order valence-electron chi connectivity index (χ2n) is 5.17. The van der Waals surface area contributed by atoms with Gasteiger partial charge in [-0.05, 0) is 30.3 Å². The summed E-state index contributed by atoms with van der Waals surface area (Å²) in [6, 6.07) is 7.92. The van der Waals surface area contributed by atoms with E-state index in [0.29, 0.717) is 27.8 Å². The number of hydrogen-bond acceptors (Lipinski definition) is 6. The Labute approximate surface area is 148 Å². The molecule has 7 nitrogen and oxygen atoms in total. The Morgan fingerprint density at radius 2 is 2.19 bits per heavy atom. The first kappa shape index (κ1) is 17.4. The van der Waals surface area contributed by atoms with E-state index in [0.717, 1.165) is 0 Å². The van der Waals surface area contributed by atoms with Crippen LogP contribution in [0.5, 0.6) is 11.5 Å². The number of rotatable bonds is 5. The highest BCUT2D eigenvalue weighted by Crippen LogP contribution is 2.31. The minimum atomic E-state index is -5.14. The summed E-state index contributed by atoms with van der Waals surface area (Å²) < 4.78 is 43.6. The molecule has 1 N–H and O–H groups in total. The van der Waals surface area contributed by atoms with E-state index in [1.165, 1.54) is 25.3 Å². The Hall–Kier alpha value is -3.38. The van der Waals surface area contributed by atoms with Gasteiger partial charge in [-0.1, -0.05) is 3.89 Å². The molecule has 3 aromatic rings. The molecule has 9 heteroatoms. The monoisotopic (exact) mass is 373 g/mol. The van der Waals surface area contributed by atoms with Crippen LogP contribution in [0.25, 0.3) is 22.6 Å². The number of H-pyrrole nitrogens is 1. The van der Waals surface area contributed by atoms with E-state index in [9.17, 15) is 17.6 Å². The van der Waals surface area contributed by atoms with E-state index in [1.807, 2.05) is 0 Å². The summed E-state index contributed by atoms with van der Waals surface area (Å²) in [5.41, 5.74) is 2.00. The maximum atomic E-state index is 12.8. The number of methoxy groups -OCH3 is 1. The fourth-order valence-corrected chi connectivity index (χ4v) is 2.84. The van der Waals surface area contributed by atoms with Crippen molar-refractivity contribution in [1.29, 1.82) is 5.26 Å². The number of benzene rings is 1. The molecule has 3 rings (SSSR count). The van der Waals surface area contributed by atoms with Gasteiger partial charge >= 0.3 is 10.5 Å². The molecule has 0 bridgehead atoms. The largest absolute Gasteiger partial charge is 0.496 e. The molecule has 26 heavy (non-hydrogen) atoms. The van der Waals surface area contributed by atoms with Crippen molar-refractivity contribution in [3.8, 4) is 17.6 Å². The molecule has 0 saturated carbocycles. The summed E-state index contributed by atoms with van der Waals surface area (Å²) in [4.78, 5) is 6.98. The number of hydrogen-bond donors (Lipinski definition) is 1. The van der Waals surface area contributed by atoms with Crippen LogP contribution < -0.4 is 8.92 Å². The molecule has 0 spiro atoms. The predicted molar refractivity (Wildman–Crippen MR) is 93.2 cm³/mol. The fourth-order valence-electron chi connectivity index (χ4n) is 2.50. The Bertz CT molecular complexity index is 1150. The van der Waals surface area contributed by atoms with Crippen LogP contribution in [0.3, 0.4) is 0 Å². The van der Waals surface area contributed by atoms with Crippen molar-refractivity contribution in [2.75, 3.05) is 7.11 Å². The molecule has 0 aliphatic carbocycles. The van der Waals surface area contributed by atoms with Crippen LogP contribution in [-0.2, 0) is 10.5 Å². The van der Waals surface area contributed by atoms with E-state index < -0.39 is 10.5 Å². The quantitative estimate of drug-likeness (QED) is 0.544. The molecule has 0 saturated heterocycles. The average molecular weight is 373 g/mol. The number of halogens is 1. The van der Waals surface area contributed by atoms with Crippen molar-refractivity contribution in [1.82, 2.24) is 9.97 Å². The number of aromatic amines is 1. The number of nitrogens with zero attached hydrogens (tertiary/aromatic N) is 2. The van der Waals surface area contributed by atoms with Gasteiger partial charge in [0.1, 0.15) is 11.5 Å². The van der Waals surface area contributed by atoms with Gasteiger partial charge in [-0.25, -0.2) is 0 Å². The minimum absolute atomic E-state index is 0.197. The minimum Gasteiger partial charge on any atom is -0.496 e. The molecule has 0 fully saturated rings. The first-order chi connectivity index (χ1) is 12.4. The topological polar surface area (TPSA) is 105 Å². The molecule has 0 unspecified atom stereocenters. The number of ether oxygens (including phenoxy) is 1. The van der Waals surface area contributed by atoms with Gasteiger partial charge in [0.05, 0.1) is 18.8 Å². The fraction of sp³-hybridized carbons (Fsp3) is 0.0588. The van der Waals surface area contributed by atoms with E-state index in [4.69, 9.17) is 4.74 Å². The number of allylic oxidation sites excluding steroid dienone is 1. The van der Waals surface area contributed by atoms with Crippen LogP contribution in [0.4, 0.5) is 3.89 Å². The number of pyridine rings is 1. The highest BCUT2D eigenvalue weighted by Gasteiger charge is 2.14. The Morgan fingerprint density at radius 1 is 1.38 bits per heavy atom. The van der Waals surface area contributed by atoms with Crippen molar-refractivity contribution < 1.29 is 21.2 Å². The summed E-state index contributed by atoms with van der Waals surface area (Å²) in [7, 11) is -3.63. The molecule has 2 aromatic heterocycles. The van der Waals surface area contributed by atoms with Crippen molar-refractivity contribution >= 4 is 33.1 Å². The maximum Gasteiger partial charge on any atom is 0.488 e. The highest BCUT2D eigenvalue weighted by molar-refractivity contribution is 7.81. The average Bonchev–Trinajstić information content (AvgIpc) is 3.01. The molecule has 0 aliphatic rings. The van der Waals surface area contributed by atoms with E-state index in [1.54, 1.807) is 30.7 Å². The molecule has 2 heterocycles. The zero-order valence-electron chi connectivity index (χ0n) is 13.4. The zero-order valence-corrected chi connectivity index (χ0v) is 14.2. The SMILES string of the molecule is COc1ccncc1/C=C(\C#N)c1c[nH]c2ccc(OS(=O)(=O)F)cc12. The van der Waals surface area contributed by atoms with Gasteiger partial charge in [0, 0.05) is 40.6 Å². The third-order valence-electron chi connectivity index (χ3n) is 3.59. The van der Waals surface area contributed by atoms with Crippen LogP contribution in [0, 0.1) is 11.3 Å². The molecule has 0 amide bonds. The lowest BCUT2D eigenvalue weighted by Gasteiger charge is -2.05. The van der Waals surface area contributed by atoms with Crippen molar-refractivity contribution in [2.24, 2.45) is 0 Å². The number of aromatic nitrogens is 2. The lowest BCUT2D eigenvalue weighted by Crippen LogP contribution is -2.00. The number of nitriles is 1. The normalized spacial score (nSPS) is 12.0. The van der Waals surface area contributed by atoms with Gasteiger partial charge in [-0.2, -0.15) is 13.7 Å². The van der Waals surface area contributed by atoms with Crippen LogP contribution in [0.2, 0.25) is 0 Å². The molecule has 132 valence electrons. The second-order valence-corrected chi connectivity index (χ2v) is 6.13. The van der Waals surface area contributed by atoms with E-state index >= 15 is 0 Å². The van der Waals surface area contributed by atoms with Gasteiger partial charge < -0.3 is 13.9 Å². The van der Waals surface area contributed by atoms with Gasteiger partial charge in [-0.15, -0.1) is 0 Å². The predicted octanol–water partition coefficient (Wildman–Crippen LogP) is 3.23. The van der Waals surface area contributed by atoms with Crippen LogP contribution in [-0.4, -0.2) is 25.5 Å². The molecule has 0 atom stereocenters. The molecular weight excluding hydrogens is 361 g/mol. The van der Waals surface area contributed by atoms with Gasteiger partial charge in [0.25, 0.3) is 0 Å². The lowest BCUT2D eigenvalue weighted by molar-refractivity contribution is 0.413. The van der Waals surface area contributed by atoms with Crippen molar-refractivity contribution in [3.05, 3.63) is 54.0 Å². The summed E-state index contributed by atoms with van der Waals surface area (Å²) in [6.45, 7) is 0. The summed E-state index contributed by atoms with van der Waals surface area (Å²) in [5.74, 6) is 0.345. The standard InChI is InChI=1S/C17H12FN3O4S/c1-24-17-4-5-20-9-12(17)6-11(8-19)15-10-21-16-3-2-13(7-14(15)16)25-26(18,22)23/h2-7,9-10,21H,1H3/b11-6+. The number of nitrogens with one attached hydrogen (secondary N) is 1. The lowest BCUT2D eigenvalue weighted by atomic mass is 10.0.